The van der Waals surface area contributed by atoms with E-state index < -0.39 is 0 Å². The Balaban J connectivity index is 1.46. The fourth-order valence-electron chi connectivity index (χ4n) is 6.39. The van der Waals surface area contributed by atoms with Crippen molar-refractivity contribution in [3.63, 3.8) is 0 Å². The smallest absolute Gasteiger partial charge is 0.139 e. The van der Waals surface area contributed by atoms with Crippen LogP contribution in [0.25, 0.3) is 87.1 Å². The molecule has 1 N–H and O–H groups in total. The van der Waals surface area contributed by atoms with Crippen molar-refractivity contribution >= 4 is 75.7 Å². The van der Waals surface area contributed by atoms with Gasteiger partial charge >= 0.3 is 0 Å². The minimum absolute atomic E-state index is 0.926. The van der Waals surface area contributed by atoms with Crippen LogP contribution in [0.2, 0.25) is 0 Å². The molecule has 2 nitrogen and oxygen atoms in total. The molecular weight excluding hydrogens is 424 g/mol. The van der Waals surface area contributed by atoms with E-state index in [4.69, 9.17) is 4.98 Å². The maximum Gasteiger partial charge on any atom is 0.139 e. The van der Waals surface area contributed by atoms with Crippen molar-refractivity contribution in [2.45, 2.75) is 0 Å². The zero-order valence-corrected chi connectivity index (χ0v) is 18.8. The van der Waals surface area contributed by atoms with Crippen molar-refractivity contribution < 1.29 is 0 Å². The highest BCUT2D eigenvalue weighted by Crippen LogP contribution is 2.42. The van der Waals surface area contributed by atoms with Gasteiger partial charge in [0.15, 0.2) is 0 Å². The number of hydrogen-bond acceptors (Lipinski definition) is 1. The number of aromatic nitrogens is 2. The summed E-state index contributed by atoms with van der Waals surface area (Å²) in [6, 6.07) is 37.6. The lowest BCUT2D eigenvalue weighted by atomic mass is 9.92. The van der Waals surface area contributed by atoms with Crippen molar-refractivity contribution in [2.24, 2.45) is 0 Å². The van der Waals surface area contributed by atoms with Crippen LogP contribution in [0.4, 0.5) is 0 Å². The lowest BCUT2D eigenvalue weighted by Gasteiger charge is -2.12. The molecule has 0 aliphatic rings. The molecule has 9 aromatic rings. The van der Waals surface area contributed by atoms with Gasteiger partial charge < -0.3 is 4.98 Å². The lowest BCUT2D eigenvalue weighted by Crippen LogP contribution is -1.88. The van der Waals surface area contributed by atoms with Crippen molar-refractivity contribution in [2.75, 3.05) is 0 Å². The molecule has 1 aromatic heterocycles. The number of hydrogen-bond donors (Lipinski definition) is 1. The Morgan fingerprint density at radius 1 is 0.429 bits per heavy atom. The quantitative estimate of drug-likeness (QED) is 0.252. The SMILES string of the molecule is c1cc2ccc3ccc(-c4nc5c6cccc7ccc8cccc(c5[nH]4)c8c76)c4ccc(c1)c2c34. The number of nitrogens with one attached hydrogen (secondary N) is 1. The molecule has 1 heterocycles. The summed E-state index contributed by atoms with van der Waals surface area (Å²) >= 11 is 0. The van der Waals surface area contributed by atoms with E-state index in [-0.39, 0.29) is 0 Å². The molecule has 2 heteroatoms. The zero-order valence-electron chi connectivity index (χ0n) is 18.8. The third-order valence-corrected chi connectivity index (χ3v) is 7.90. The molecule has 35 heavy (non-hydrogen) atoms. The predicted octanol–water partition coefficient (Wildman–Crippen LogP) is 9.02. The number of rotatable bonds is 1. The largest absolute Gasteiger partial charge is 0.337 e. The Labute approximate surface area is 200 Å². The monoisotopic (exact) mass is 442 g/mol. The standard InChI is InChI=1S/C33H18N2/c1-4-18-10-13-22-15-17-24(23-16-14-19(5-1)27(18)28(22)23)33-34-31-25-8-2-6-20-11-12-21-7-3-9-26(32(31)35-33)30(21)29(20)25/h1-17H,(H,34,35). The van der Waals surface area contributed by atoms with Gasteiger partial charge in [0.05, 0.1) is 11.0 Å². The van der Waals surface area contributed by atoms with Gasteiger partial charge in [0, 0.05) is 16.3 Å². The number of nitrogens with zero attached hydrogens (tertiary/aromatic N) is 1. The van der Waals surface area contributed by atoms with Gasteiger partial charge in [-0.3, -0.25) is 0 Å². The first-order valence-electron chi connectivity index (χ1n) is 12.1. The molecule has 0 spiro atoms. The molecule has 0 aliphatic heterocycles. The highest BCUT2D eigenvalue weighted by atomic mass is 14.9. The first-order valence-corrected chi connectivity index (χ1v) is 12.1. The van der Waals surface area contributed by atoms with Crippen LogP contribution in [-0.2, 0) is 0 Å². The Bertz CT molecular complexity index is 2170. The van der Waals surface area contributed by atoms with Crippen LogP contribution in [0.5, 0.6) is 0 Å². The van der Waals surface area contributed by atoms with Gasteiger partial charge in [0.25, 0.3) is 0 Å². The van der Waals surface area contributed by atoms with Crippen LogP contribution < -0.4 is 0 Å². The normalized spacial score (nSPS) is 12.6. The summed E-state index contributed by atoms with van der Waals surface area (Å²) in [5.41, 5.74) is 3.30. The topological polar surface area (TPSA) is 28.7 Å². The van der Waals surface area contributed by atoms with Crippen LogP contribution in [0, 0.1) is 0 Å². The fourth-order valence-corrected chi connectivity index (χ4v) is 6.39. The van der Waals surface area contributed by atoms with Gasteiger partial charge in [-0.25, -0.2) is 4.98 Å². The molecule has 0 saturated heterocycles. The summed E-state index contributed by atoms with van der Waals surface area (Å²) in [5.74, 6) is 0.926. The van der Waals surface area contributed by atoms with Crippen LogP contribution in [0.3, 0.4) is 0 Å². The average molecular weight is 443 g/mol. The molecule has 0 saturated carbocycles. The third kappa shape index (κ3) is 2.13. The molecule has 0 aliphatic carbocycles. The molecule has 0 bridgehead atoms. The number of fused-ring (bicyclic) bond motifs is 3. The Kier molecular flexibility index (Phi) is 3.07. The van der Waals surface area contributed by atoms with Gasteiger partial charge in [-0.1, -0.05) is 103 Å². The van der Waals surface area contributed by atoms with Gasteiger partial charge in [-0.05, 0) is 53.9 Å². The van der Waals surface area contributed by atoms with Crippen LogP contribution in [0.15, 0.2) is 103 Å². The maximum atomic E-state index is 5.26. The first kappa shape index (κ1) is 17.7. The van der Waals surface area contributed by atoms with E-state index in [1.54, 1.807) is 0 Å². The number of imidazole rings is 1. The third-order valence-electron chi connectivity index (χ3n) is 7.90. The van der Waals surface area contributed by atoms with E-state index in [2.05, 4.69) is 108 Å². The first-order chi connectivity index (χ1) is 17.3. The average Bonchev–Trinajstić information content (AvgIpc) is 3.36. The summed E-state index contributed by atoms with van der Waals surface area (Å²) in [6.07, 6.45) is 0. The van der Waals surface area contributed by atoms with E-state index in [1.165, 1.54) is 64.6 Å². The van der Waals surface area contributed by atoms with Gasteiger partial charge in [-0.2, -0.15) is 0 Å². The van der Waals surface area contributed by atoms with Crippen molar-refractivity contribution in [1.82, 2.24) is 9.97 Å². The Hall–Kier alpha value is -4.69. The molecule has 0 radical (unpaired) electrons. The number of benzene rings is 8. The minimum Gasteiger partial charge on any atom is -0.337 e. The molecule has 0 atom stereocenters. The van der Waals surface area contributed by atoms with Crippen molar-refractivity contribution in [1.29, 1.82) is 0 Å². The fraction of sp³-hybridized carbons (Fsp3) is 0. The van der Waals surface area contributed by atoms with E-state index >= 15 is 0 Å². The molecule has 8 aromatic carbocycles. The Morgan fingerprint density at radius 3 is 1.69 bits per heavy atom. The summed E-state index contributed by atoms with van der Waals surface area (Å²) in [7, 11) is 0. The van der Waals surface area contributed by atoms with Crippen molar-refractivity contribution in [3.05, 3.63) is 103 Å². The maximum absolute atomic E-state index is 5.26. The van der Waals surface area contributed by atoms with Crippen LogP contribution in [-0.4, -0.2) is 9.97 Å². The summed E-state index contributed by atoms with van der Waals surface area (Å²) in [6.45, 7) is 0. The van der Waals surface area contributed by atoms with Gasteiger partial charge in [0.2, 0.25) is 0 Å². The van der Waals surface area contributed by atoms with Crippen molar-refractivity contribution in [3.8, 4) is 11.4 Å². The van der Waals surface area contributed by atoms with E-state index in [0.717, 1.165) is 22.4 Å². The molecule has 0 unspecified atom stereocenters. The molecule has 9 rings (SSSR count). The molecule has 0 fully saturated rings. The lowest BCUT2D eigenvalue weighted by molar-refractivity contribution is 1.35. The second kappa shape index (κ2) is 6.05. The van der Waals surface area contributed by atoms with E-state index in [9.17, 15) is 0 Å². The second-order valence-electron chi connectivity index (χ2n) is 9.65. The minimum atomic E-state index is 0.926. The predicted molar refractivity (Wildman–Crippen MR) is 149 cm³/mol. The Morgan fingerprint density at radius 2 is 0.943 bits per heavy atom. The number of aromatic amines is 1. The summed E-state index contributed by atoms with van der Waals surface area (Å²) in [5, 5.41) is 15.3. The summed E-state index contributed by atoms with van der Waals surface area (Å²) < 4.78 is 0. The highest BCUT2D eigenvalue weighted by Gasteiger charge is 2.18. The van der Waals surface area contributed by atoms with Gasteiger partial charge in [0.1, 0.15) is 5.82 Å². The van der Waals surface area contributed by atoms with E-state index in [1.807, 2.05) is 0 Å². The van der Waals surface area contributed by atoms with Crippen LogP contribution in [0.1, 0.15) is 0 Å². The highest BCUT2D eigenvalue weighted by molar-refractivity contribution is 6.33. The zero-order chi connectivity index (χ0) is 22.7. The van der Waals surface area contributed by atoms with E-state index in [0.29, 0.717) is 0 Å². The summed E-state index contributed by atoms with van der Waals surface area (Å²) in [4.78, 5) is 9.02. The van der Waals surface area contributed by atoms with Gasteiger partial charge in [-0.15, -0.1) is 0 Å². The number of H-pyrrole nitrogens is 1. The molecular formula is C33H18N2. The molecule has 160 valence electrons. The van der Waals surface area contributed by atoms with Crippen LogP contribution >= 0.6 is 0 Å². The second-order valence-corrected chi connectivity index (χ2v) is 9.65. The molecule has 0 amide bonds.